The minimum atomic E-state index is -1.13. The number of hydrogen-bond donors (Lipinski definition) is 2. The molecule has 1 aromatic rings. The fourth-order valence-electron chi connectivity index (χ4n) is 3.17. The lowest BCUT2D eigenvalue weighted by Crippen LogP contribution is -2.37. The highest BCUT2D eigenvalue weighted by molar-refractivity contribution is 8.07. The molecule has 0 amide bonds. The normalized spacial score (nSPS) is 17.6. The first-order chi connectivity index (χ1) is 12.3. The summed E-state index contributed by atoms with van der Waals surface area (Å²) in [5.41, 5.74) is 1.82. The molecule has 0 bridgehead atoms. The van der Waals surface area contributed by atoms with Crippen molar-refractivity contribution in [3.05, 3.63) is 41.1 Å². The number of hydrogen-bond acceptors (Lipinski definition) is 5. The fraction of sp³-hybridized carbons (Fsp3) is 0.500. The van der Waals surface area contributed by atoms with E-state index in [1.807, 2.05) is 0 Å². The molecule has 0 aromatic heterocycles. The van der Waals surface area contributed by atoms with Gasteiger partial charge in [-0.1, -0.05) is 38.1 Å². The maximum absolute atomic E-state index is 11.0. The van der Waals surface area contributed by atoms with E-state index in [0.717, 1.165) is 0 Å². The summed E-state index contributed by atoms with van der Waals surface area (Å²) in [5, 5.41) is 18.3. The molecule has 1 aliphatic rings. The molecule has 2 rings (SSSR count). The van der Waals surface area contributed by atoms with Gasteiger partial charge in [0.2, 0.25) is 0 Å². The van der Waals surface area contributed by atoms with Crippen molar-refractivity contribution in [1.82, 2.24) is 4.90 Å². The molecule has 0 radical (unpaired) electrons. The third-order valence-corrected chi connectivity index (χ3v) is 5.13. The first-order valence-corrected chi connectivity index (χ1v) is 9.84. The third kappa shape index (κ3) is 6.59. The van der Waals surface area contributed by atoms with Gasteiger partial charge in [0.15, 0.2) is 5.70 Å². The predicted molar refractivity (Wildman–Crippen MR) is 110 cm³/mol. The van der Waals surface area contributed by atoms with Crippen LogP contribution in [0.15, 0.2) is 35.0 Å². The van der Waals surface area contributed by atoms with E-state index in [2.05, 4.69) is 37.5 Å². The Hall–Kier alpha value is -1.63. The second-order valence-electron chi connectivity index (χ2n) is 7.17. The lowest BCUT2D eigenvalue weighted by Gasteiger charge is -2.35. The van der Waals surface area contributed by atoms with Crippen LogP contribution in [-0.4, -0.2) is 54.2 Å². The molecule has 144 valence electrons. The van der Waals surface area contributed by atoms with E-state index < -0.39 is 5.97 Å². The SMILES string of the molecule is C=N/C(C(=O)O)=C(\SC)c1ccccc1CO.CN1CCCC(C)(C)C1. The second-order valence-corrected chi connectivity index (χ2v) is 7.98. The van der Waals surface area contributed by atoms with Crippen molar-refractivity contribution in [2.45, 2.75) is 33.3 Å². The Morgan fingerprint density at radius 1 is 1.38 bits per heavy atom. The Bertz CT molecular complexity index is 656. The zero-order valence-corrected chi connectivity index (χ0v) is 17.0. The summed E-state index contributed by atoms with van der Waals surface area (Å²) in [6.45, 7) is 10.4. The number of benzene rings is 1. The Balaban J connectivity index is 0.000000314. The molecule has 26 heavy (non-hydrogen) atoms. The van der Waals surface area contributed by atoms with Crippen molar-refractivity contribution in [3.63, 3.8) is 0 Å². The number of aliphatic carboxylic acids is 1. The number of likely N-dealkylation sites (tertiary alicyclic amines) is 1. The number of nitrogens with zero attached hydrogens (tertiary/aromatic N) is 2. The van der Waals surface area contributed by atoms with Gasteiger partial charge in [-0.3, -0.25) is 4.99 Å². The van der Waals surface area contributed by atoms with Gasteiger partial charge in [-0.2, -0.15) is 0 Å². The summed E-state index contributed by atoms with van der Waals surface area (Å²) in [6.07, 6.45) is 4.54. The summed E-state index contributed by atoms with van der Waals surface area (Å²) in [6, 6.07) is 7.07. The van der Waals surface area contributed by atoms with Crippen molar-refractivity contribution in [2.75, 3.05) is 26.4 Å². The van der Waals surface area contributed by atoms with Gasteiger partial charge in [0.05, 0.1) is 6.61 Å². The van der Waals surface area contributed by atoms with Crippen LogP contribution in [0, 0.1) is 5.41 Å². The van der Waals surface area contributed by atoms with Gasteiger partial charge in [0.1, 0.15) is 0 Å². The van der Waals surface area contributed by atoms with Gasteiger partial charge in [-0.15, -0.1) is 11.8 Å². The Kier molecular flexibility index (Phi) is 9.05. The zero-order chi connectivity index (χ0) is 19.7. The summed E-state index contributed by atoms with van der Waals surface area (Å²) in [4.78, 5) is 17.5. The predicted octanol–water partition coefficient (Wildman–Crippen LogP) is 3.73. The maximum Gasteiger partial charge on any atom is 0.355 e. The number of aliphatic hydroxyl groups excluding tert-OH is 1. The molecule has 0 saturated carbocycles. The average molecular weight is 379 g/mol. The second kappa shape index (κ2) is 10.5. The smallest absolute Gasteiger partial charge is 0.355 e. The van der Waals surface area contributed by atoms with Gasteiger partial charge >= 0.3 is 5.97 Å². The quantitative estimate of drug-likeness (QED) is 0.603. The molecule has 0 spiro atoms. The standard InChI is InChI=1S/C12H13NO3S.C8H17N/c1-13-10(12(15)16)11(17-2)9-6-4-3-5-8(9)7-14;1-8(2)5-4-6-9(3)7-8/h3-6,14H,1,7H2,2H3,(H,15,16);4-7H2,1-3H3/b11-10-;. The van der Waals surface area contributed by atoms with Gasteiger partial charge < -0.3 is 15.1 Å². The van der Waals surface area contributed by atoms with Crippen LogP contribution in [0.25, 0.3) is 4.91 Å². The molecule has 1 aromatic carbocycles. The summed E-state index contributed by atoms with van der Waals surface area (Å²) in [5.74, 6) is -1.13. The molecule has 0 unspecified atom stereocenters. The van der Waals surface area contributed by atoms with E-state index in [1.165, 1.54) is 37.7 Å². The van der Waals surface area contributed by atoms with Crippen LogP contribution in [0.2, 0.25) is 0 Å². The number of rotatable bonds is 5. The van der Waals surface area contributed by atoms with Crippen LogP contribution in [0.3, 0.4) is 0 Å². The van der Waals surface area contributed by atoms with Crippen LogP contribution in [0.5, 0.6) is 0 Å². The average Bonchev–Trinajstić information content (AvgIpc) is 2.58. The van der Waals surface area contributed by atoms with Crippen molar-refractivity contribution in [3.8, 4) is 0 Å². The number of carboxylic acid groups (broad SMARTS) is 1. The van der Waals surface area contributed by atoms with Crippen molar-refractivity contribution >= 4 is 29.4 Å². The maximum atomic E-state index is 11.0. The van der Waals surface area contributed by atoms with E-state index in [1.54, 1.807) is 30.5 Å². The molecular weight excluding hydrogens is 348 g/mol. The van der Waals surface area contributed by atoms with Crippen molar-refractivity contribution < 1.29 is 15.0 Å². The lowest BCUT2D eigenvalue weighted by atomic mass is 9.84. The largest absolute Gasteiger partial charge is 0.476 e. The number of piperidine rings is 1. The van der Waals surface area contributed by atoms with Crippen molar-refractivity contribution in [1.29, 1.82) is 0 Å². The number of aliphatic imine (C=N–C) groups is 1. The van der Waals surface area contributed by atoms with Crippen LogP contribution in [0.4, 0.5) is 0 Å². The minimum absolute atomic E-state index is 0.0987. The minimum Gasteiger partial charge on any atom is -0.476 e. The summed E-state index contributed by atoms with van der Waals surface area (Å²) in [7, 11) is 2.21. The highest BCUT2D eigenvalue weighted by Crippen LogP contribution is 2.32. The van der Waals surface area contributed by atoms with E-state index in [-0.39, 0.29) is 12.3 Å². The lowest BCUT2D eigenvalue weighted by molar-refractivity contribution is -0.132. The van der Waals surface area contributed by atoms with Gasteiger partial charge in [0, 0.05) is 11.4 Å². The highest BCUT2D eigenvalue weighted by atomic mass is 32.2. The molecule has 0 atom stereocenters. The highest BCUT2D eigenvalue weighted by Gasteiger charge is 2.23. The van der Waals surface area contributed by atoms with Gasteiger partial charge in [-0.25, -0.2) is 4.79 Å². The molecule has 5 nitrogen and oxygen atoms in total. The van der Waals surface area contributed by atoms with Crippen LogP contribution in [0.1, 0.15) is 37.8 Å². The van der Waals surface area contributed by atoms with Gasteiger partial charge in [0.25, 0.3) is 0 Å². The number of aliphatic hydroxyl groups is 1. The topological polar surface area (TPSA) is 73.1 Å². The molecule has 2 N–H and O–H groups in total. The van der Waals surface area contributed by atoms with Crippen LogP contribution >= 0.6 is 11.8 Å². The van der Waals surface area contributed by atoms with Gasteiger partial charge in [-0.05, 0) is 55.9 Å². The number of carboxylic acids is 1. The molecule has 1 saturated heterocycles. The molecule has 1 aliphatic heterocycles. The van der Waals surface area contributed by atoms with E-state index in [9.17, 15) is 9.90 Å². The van der Waals surface area contributed by atoms with E-state index in [4.69, 9.17) is 5.11 Å². The van der Waals surface area contributed by atoms with Crippen molar-refractivity contribution in [2.24, 2.45) is 10.4 Å². The fourth-order valence-corrected chi connectivity index (χ4v) is 3.93. The monoisotopic (exact) mass is 378 g/mol. The van der Waals surface area contributed by atoms with Crippen LogP contribution < -0.4 is 0 Å². The Morgan fingerprint density at radius 2 is 2.04 bits per heavy atom. The Morgan fingerprint density at radius 3 is 2.46 bits per heavy atom. The molecule has 0 aliphatic carbocycles. The zero-order valence-electron chi connectivity index (χ0n) is 16.2. The van der Waals surface area contributed by atoms with E-state index in [0.29, 0.717) is 21.4 Å². The first-order valence-electron chi connectivity index (χ1n) is 8.61. The number of carbonyl (C=O) groups is 1. The molecular formula is C20H30N2O3S. The van der Waals surface area contributed by atoms with E-state index >= 15 is 0 Å². The summed E-state index contributed by atoms with van der Waals surface area (Å²) >= 11 is 1.27. The molecule has 1 fully saturated rings. The first kappa shape index (κ1) is 22.4. The molecule has 1 heterocycles. The number of thioether (sulfide) groups is 1. The van der Waals surface area contributed by atoms with Crippen LogP contribution in [-0.2, 0) is 11.4 Å². The summed E-state index contributed by atoms with van der Waals surface area (Å²) < 4.78 is 0. The molecule has 6 heteroatoms. The Labute approximate surface area is 160 Å². The third-order valence-electron chi connectivity index (χ3n) is 4.30.